The lowest BCUT2D eigenvalue weighted by Crippen LogP contribution is -2.22. The molecule has 1 aromatic rings. The Labute approximate surface area is 142 Å². The van der Waals surface area contributed by atoms with E-state index in [-0.39, 0.29) is 17.0 Å². The number of ether oxygens (including phenoxy) is 2. The van der Waals surface area contributed by atoms with Crippen LogP contribution in [0, 0.1) is 11.8 Å². The van der Waals surface area contributed by atoms with E-state index in [9.17, 15) is 0 Å². The topological polar surface area (TPSA) is 18.5 Å². The van der Waals surface area contributed by atoms with Crippen molar-refractivity contribution in [3.05, 3.63) is 27.2 Å². The Hall–Kier alpha value is 0.230. The molecule has 5 heteroatoms. The van der Waals surface area contributed by atoms with Crippen LogP contribution in [-0.2, 0) is 4.74 Å². The van der Waals surface area contributed by atoms with Gasteiger partial charge in [-0.25, -0.2) is 0 Å². The van der Waals surface area contributed by atoms with Crippen LogP contribution in [0.5, 0.6) is 5.75 Å². The van der Waals surface area contributed by atoms with E-state index in [1.807, 2.05) is 12.1 Å². The minimum absolute atomic E-state index is 0.141. The predicted octanol–water partition coefficient (Wildman–Crippen LogP) is 5.61. The molecule has 2 nitrogen and oxygen atoms in total. The van der Waals surface area contributed by atoms with E-state index in [1.165, 1.54) is 0 Å². The van der Waals surface area contributed by atoms with Gasteiger partial charge in [-0.05, 0) is 47.8 Å². The van der Waals surface area contributed by atoms with Crippen molar-refractivity contribution in [1.29, 1.82) is 0 Å². The van der Waals surface area contributed by atoms with Crippen molar-refractivity contribution in [2.45, 2.75) is 37.8 Å². The van der Waals surface area contributed by atoms with Crippen LogP contribution in [0.1, 0.15) is 31.2 Å². The van der Waals surface area contributed by atoms with Crippen LogP contribution in [0.2, 0.25) is 5.02 Å². The molecule has 0 amide bonds. The molecule has 20 heavy (non-hydrogen) atoms. The lowest BCUT2D eigenvalue weighted by atomic mass is 9.84. The van der Waals surface area contributed by atoms with Crippen LogP contribution in [0.4, 0.5) is 0 Å². The van der Waals surface area contributed by atoms with Gasteiger partial charge in [0.2, 0.25) is 0 Å². The van der Waals surface area contributed by atoms with Crippen molar-refractivity contribution in [2.24, 2.45) is 11.8 Å². The van der Waals surface area contributed by atoms with Gasteiger partial charge in [0.15, 0.2) is 0 Å². The Morgan fingerprint density at radius 3 is 2.40 bits per heavy atom. The molecule has 0 saturated carbocycles. The fraction of sp³-hybridized carbons (Fsp3) is 0.600. The highest BCUT2D eigenvalue weighted by Gasteiger charge is 2.42. The molecule has 0 radical (unpaired) electrons. The Bertz CT molecular complexity index is 495. The van der Waals surface area contributed by atoms with Gasteiger partial charge in [-0.2, -0.15) is 0 Å². The third-order valence-electron chi connectivity index (χ3n) is 4.20. The smallest absolute Gasteiger partial charge is 0.137 e. The zero-order chi connectivity index (χ0) is 15.0. The average Bonchev–Trinajstić information content (AvgIpc) is 2.61. The summed E-state index contributed by atoms with van der Waals surface area (Å²) in [4.78, 5) is 0.141. The van der Waals surface area contributed by atoms with Gasteiger partial charge in [0.25, 0.3) is 0 Å². The van der Waals surface area contributed by atoms with Crippen molar-refractivity contribution in [2.75, 3.05) is 7.11 Å². The zero-order valence-corrected chi connectivity index (χ0v) is 15.9. The predicted molar refractivity (Wildman–Crippen MR) is 90.0 cm³/mol. The van der Waals surface area contributed by atoms with Crippen molar-refractivity contribution >= 4 is 43.5 Å². The molecule has 1 aliphatic heterocycles. The maximum atomic E-state index is 6.19. The lowest BCUT2D eigenvalue weighted by molar-refractivity contribution is 0.0510. The average molecular weight is 427 g/mol. The van der Waals surface area contributed by atoms with Crippen LogP contribution in [0.25, 0.3) is 0 Å². The summed E-state index contributed by atoms with van der Waals surface area (Å²) in [6, 6.07) is 3.82. The van der Waals surface area contributed by atoms with E-state index in [1.54, 1.807) is 7.11 Å². The highest BCUT2D eigenvalue weighted by molar-refractivity contribution is 9.10. The first kappa shape index (κ1) is 16.6. The normalized spacial score (nSPS) is 31.4. The molecule has 1 aliphatic rings. The summed E-state index contributed by atoms with van der Waals surface area (Å²) in [5.41, 5.74) is 1.06. The van der Waals surface area contributed by atoms with E-state index in [0.717, 1.165) is 15.8 Å². The molecule has 1 aromatic carbocycles. The van der Waals surface area contributed by atoms with Gasteiger partial charge in [0.05, 0.1) is 23.8 Å². The van der Waals surface area contributed by atoms with E-state index < -0.39 is 0 Å². The van der Waals surface area contributed by atoms with E-state index >= 15 is 0 Å². The molecule has 1 heterocycles. The van der Waals surface area contributed by atoms with Crippen molar-refractivity contribution in [3.63, 3.8) is 0 Å². The highest BCUT2D eigenvalue weighted by Crippen LogP contribution is 2.49. The summed E-state index contributed by atoms with van der Waals surface area (Å²) in [5.74, 6) is 1.68. The molecule has 0 bridgehead atoms. The maximum absolute atomic E-state index is 6.19. The van der Waals surface area contributed by atoms with E-state index in [4.69, 9.17) is 21.1 Å². The molecule has 5 atom stereocenters. The summed E-state index contributed by atoms with van der Waals surface area (Å²) in [6.07, 6.45) is 0.468. The Morgan fingerprint density at radius 1 is 1.25 bits per heavy atom. The Morgan fingerprint density at radius 2 is 1.90 bits per heavy atom. The van der Waals surface area contributed by atoms with Crippen molar-refractivity contribution < 1.29 is 9.47 Å². The number of hydrogen-bond donors (Lipinski definition) is 0. The maximum Gasteiger partial charge on any atom is 0.137 e. The molecular weight excluding hydrogens is 407 g/mol. The largest absolute Gasteiger partial charge is 0.495 e. The molecule has 2 rings (SSSR count). The van der Waals surface area contributed by atoms with Crippen LogP contribution in [-0.4, -0.2) is 19.3 Å². The zero-order valence-electron chi connectivity index (χ0n) is 12.0. The SMILES string of the molecule is COc1c(Br)cc(Cl)cc1C(Br)C1C(C)OC(C)C1C. The molecular formula is C15H19Br2ClO2. The van der Waals surface area contributed by atoms with Gasteiger partial charge in [0.1, 0.15) is 5.75 Å². The van der Waals surface area contributed by atoms with Crippen molar-refractivity contribution in [3.8, 4) is 5.75 Å². The Kier molecular flexibility index (Phi) is 5.44. The number of hydrogen-bond acceptors (Lipinski definition) is 2. The van der Waals surface area contributed by atoms with Crippen LogP contribution >= 0.6 is 43.5 Å². The first-order valence-corrected chi connectivity index (χ1v) is 8.78. The van der Waals surface area contributed by atoms with Crippen LogP contribution in [0.3, 0.4) is 0 Å². The van der Waals surface area contributed by atoms with Gasteiger partial charge in [-0.15, -0.1) is 0 Å². The molecule has 0 N–H and O–H groups in total. The minimum atomic E-state index is 0.141. The molecule has 1 fully saturated rings. The number of alkyl halides is 1. The second kappa shape index (κ2) is 6.55. The first-order valence-electron chi connectivity index (χ1n) is 6.69. The summed E-state index contributed by atoms with van der Waals surface area (Å²) in [6.45, 7) is 6.50. The standard InChI is InChI=1S/C15H19Br2ClO2/c1-7-8(2)20-9(3)13(7)14(17)11-5-10(18)6-12(16)15(11)19-4/h5-9,13-14H,1-4H3. The van der Waals surface area contributed by atoms with E-state index in [2.05, 4.69) is 52.6 Å². The summed E-state index contributed by atoms with van der Waals surface area (Å²) >= 11 is 13.6. The third-order valence-corrected chi connectivity index (χ3v) is 6.11. The third kappa shape index (κ3) is 3.03. The quantitative estimate of drug-likeness (QED) is 0.585. The van der Waals surface area contributed by atoms with Crippen LogP contribution in [0.15, 0.2) is 16.6 Å². The highest BCUT2D eigenvalue weighted by atomic mass is 79.9. The van der Waals surface area contributed by atoms with Gasteiger partial charge < -0.3 is 9.47 Å². The summed E-state index contributed by atoms with van der Waals surface area (Å²) in [5, 5.41) is 0.699. The van der Waals surface area contributed by atoms with Gasteiger partial charge >= 0.3 is 0 Å². The Balaban J connectivity index is 2.41. The second-order valence-corrected chi connectivity index (χ2v) is 7.67. The fourth-order valence-electron chi connectivity index (χ4n) is 3.01. The number of benzene rings is 1. The molecule has 112 valence electrons. The minimum Gasteiger partial charge on any atom is -0.495 e. The first-order chi connectivity index (χ1) is 9.36. The molecule has 5 unspecified atom stereocenters. The van der Waals surface area contributed by atoms with Gasteiger partial charge in [-0.1, -0.05) is 34.5 Å². The summed E-state index contributed by atoms with van der Waals surface area (Å²) < 4.78 is 12.4. The van der Waals surface area contributed by atoms with Gasteiger partial charge in [0, 0.05) is 21.3 Å². The number of halogens is 3. The van der Waals surface area contributed by atoms with Crippen LogP contribution < -0.4 is 4.74 Å². The molecule has 0 aromatic heterocycles. The monoisotopic (exact) mass is 424 g/mol. The second-order valence-electron chi connectivity index (χ2n) is 5.39. The molecule has 0 aliphatic carbocycles. The summed E-state index contributed by atoms with van der Waals surface area (Å²) in [7, 11) is 1.68. The molecule has 1 saturated heterocycles. The number of rotatable bonds is 3. The molecule has 0 spiro atoms. The lowest BCUT2D eigenvalue weighted by Gasteiger charge is -2.26. The van der Waals surface area contributed by atoms with Gasteiger partial charge in [-0.3, -0.25) is 0 Å². The fourth-order valence-corrected chi connectivity index (χ4v) is 5.25. The number of methoxy groups -OCH3 is 1. The van der Waals surface area contributed by atoms with Crippen molar-refractivity contribution in [1.82, 2.24) is 0 Å². The van der Waals surface area contributed by atoms with E-state index in [0.29, 0.717) is 16.9 Å².